The molecule has 0 spiro atoms. The molecule has 0 bridgehead atoms. The fourth-order valence-electron chi connectivity index (χ4n) is 4.32. The molecule has 5 nitrogen and oxygen atoms in total. The third-order valence-corrected chi connectivity index (χ3v) is 5.98. The van der Waals surface area contributed by atoms with Crippen molar-refractivity contribution in [2.45, 2.75) is 31.9 Å². The van der Waals surface area contributed by atoms with Crippen LogP contribution >= 0.6 is 11.6 Å². The summed E-state index contributed by atoms with van der Waals surface area (Å²) in [5.74, 6) is -0.140. The number of ether oxygens (including phenoxy) is 1. The summed E-state index contributed by atoms with van der Waals surface area (Å²) in [5, 5.41) is 1.10. The minimum atomic E-state index is -0.514. The highest BCUT2D eigenvalue weighted by Crippen LogP contribution is 2.39. The zero-order valence-electron chi connectivity index (χ0n) is 16.0. The van der Waals surface area contributed by atoms with Gasteiger partial charge in [0.15, 0.2) is 5.43 Å². The fraction of sp³-hybridized carbons (Fsp3) is 0.304. The first-order chi connectivity index (χ1) is 14.0. The molecule has 6 heteroatoms. The van der Waals surface area contributed by atoms with Crippen LogP contribution in [0.3, 0.4) is 0 Å². The van der Waals surface area contributed by atoms with Crippen LogP contribution in [-0.4, -0.2) is 30.1 Å². The average molecular weight is 410 g/mol. The van der Waals surface area contributed by atoms with Gasteiger partial charge < -0.3 is 14.1 Å². The minimum Gasteiger partial charge on any atom is -0.450 e. The van der Waals surface area contributed by atoms with Gasteiger partial charge in [-0.15, -0.1) is 0 Å². The maximum absolute atomic E-state index is 13.5. The van der Waals surface area contributed by atoms with Crippen LogP contribution in [0, 0.1) is 6.92 Å². The summed E-state index contributed by atoms with van der Waals surface area (Å²) < 4.78 is 11.7. The van der Waals surface area contributed by atoms with E-state index in [-0.39, 0.29) is 23.2 Å². The molecule has 0 unspecified atom stereocenters. The van der Waals surface area contributed by atoms with E-state index in [4.69, 9.17) is 20.8 Å². The maximum Gasteiger partial charge on any atom is 0.291 e. The van der Waals surface area contributed by atoms with Crippen molar-refractivity contribution in [3.05, 3.63) is 80.2 Å². The molecule has 1 amide bonds. The van der Waals surface area contributed by atoms with Gasteiger partial charge in [-0.2, -0.15) is 0 Å². The lowest BCUT2D eigenvalue weighted by molar-refractivity contribution is 0.0486. The van der Waals surface area contributed by atoms with E-state index in [9.17, 15) is 9.59 Å². The van der Waals surface area contributed by atoms with E-state index in [2.05, 4.69) is 0 Å². The Morgan fingerprint density at radius 3 is 2.66 bits per heavy atom. The molecule has 1 fully saturated rings. The molecule has 0 radical (unpaired) electrons. The number of rotatable bonds is 3. The monoisotopic (exact) mass is 409 g/mol. The van der Waals surface area contributed by atoms with E-state index in [1.165, 1.54) is 0 Å². The lowest BCUT2D eigenvalue weighted by Gasteiger charge is -2.27. The summed E-state index contributed by atoms with van der Waals surface area (Å²) in [5.41, 5.74) is 2.47. The maximum atomic E-state index is 13.5. The second-order valence-corrected chi connectivity index (χ2v) is 8.16. The molecule has 1 aromatic heterocycles. The van der Waals surface area contributed by atoms with Gasteiger partial charge in [-0.25, -0.2) is 0 Å². The Morgan fingerprint density at radius 2 is 1.93 bits per heavy atom. The highest BCUT2D eigenvalue weighted by atomic mass is 35.5. The van der Waals surface area contributed by atoms with Crippen molar-refractivity contribution in [1.29, 1.82) is 0 Å². The van der Waals surface area contributed by atoms with E-state index >= 15 is 0 Å². The third kappa shape index (κ3) is 3.05. The van der Waals surface area contributed by atoms with Gasteiger partial charge in [0.25, 0.3) is 5.91 Å². The van der Waals surface area contributed by atoms with Crippen molar-refractivity contribution in [1.82, 2.24) is 4.90 Å². The molecule has 0 aliphatic carbocycles. The zero-order chi connectivity index (χ0) is 20.1. The van der Waals surface area contributed by atoms with Crippen molar-refractivity contribution >= 4 is 28.5 Å². The Morgan fingerprint density at radius 1 is 1.14 bits per heavy atom. The second kappa shape index (κ2) is 7.01. The smallest absolute Gasteiger partial charge is 0.291 e. The molecule has 0 N–H and O–H groups in total. The molecule has 29 heavy (non-hydrogen) atoms. The number of aryl methyl sites for hydroxylation is 1. The summed E-state index contributed by atoms with van der Waals surface area (Å²) in [4.78, 5) is 28.5. The number of fused-ring (bicyclic) bond motifs is 2. The largest absolute Gasteiger partial charge is 0.450 e. The van der Waals surface area contributed by atoms with Crippen LogP contribution in [0.15, 0.2) is 51.7 Å². The Labute approximate surface area is 172 Å². The van der Waals surface area contributed by atoms with E-state index in [0.29, 0.717) is 34.7 Å². The first kappa shape index (κ1) is 18.4. The molecule has 5 rings (SSSR count). The summed E-state index contributed by atoms with van der Waals surface area (Å²) >= 11 is 6.07. The van der Waals surface area contributed by atoms with Crippen LogP contribution in [-0.2, 0) is 4.74 Å². The predicted molar refractivity (Wildman–Crippen MR) is 111 cm³/mol. The van der Waals surface area contributed by atoms with Crippen molar-refractivity contribution < 1.29 is 13.9 Å². The average Bonchev–Trinajstić information content (AvgIpc) is 3.32. The van der Waals surface area contributed by atoms with E-state index in [1.54, 1.807) is 23.1 Å². The van der Waals surface area contributed by atoms with Crippen LogP contribution in [0.4, 0.5) is 0 Å². The topological polar surface area (TPSA) is 59.8 Å². The summed E-state index contributed by atoms with van der Waals surface area (Å²) in [6, 6.07) is 12.2. The predicted octanol–water partition coefficient (Wildman–Crippen LogP) is 4.48. The van der Waals surface area contributed by atoms with Crippen LogP contribution in [0.1, 0.15) is 46.1 Å². The molecule has 2 aliphatic heterocycles. The standard InChI is InChI=1S/C23H20ClNO4/c1-13-4-9-18-17(11-13)21(26)19-20(14-5-7-15(24)8-6-14)25(23(27)22(19)29-18)12-16-3-2-10-28-16/h4-9,11,16,20H,2-3,10,12H2,1H3/t16-,20+/m0/s1. The van der Waals surface area contributed by atoms with Crippen molar-refractivity contribution in [3.8, 4) is 0 Å². The third-order valence-electron chi connectivity index (χ3n) is 5.73. The molecule has 3 aromatic rings. The zero-order valence-corrected chi connectivity index (χ0v) is 16.7. The highest BCUT2D eigenvalue weighted by Gasteiger charge is 2.43. The number of halogens is 1. The number of benzene rings is 2. The lowest BCUT2D eigenvalue weighted by Crippen LogP contribution is -2.36. The lowest BCUT2D eigenvalue weighted by atomic mass is 9.98. The second-order valence-electron chi connectivity index (χ2n) is 7.72. The van der Waals surface area contributed by atoms with Gasteiger partial charge in [0.1, 0.15) is 5.58 Å². The molecule has 2 atom stereocenters. The van der Waals surface area contributed by atoms with Gasteiger partial charge in [-0.1, -0.05) is 35.4 Å². The summed E-state index contributed by atoms with van der Waals surface area (Å²) in [6.07, 6.45) is 1.84. The van der Waals surface area contributed by atoms with Crippen LogP contribution in [0.25, 0.3) is 11.0 Å². The van der Waals surface area contributed by atoms with E-state index in [0.717, 1.165) is 24.0 Å². The fourth-order valence-corrected chi connectivity index (χ4v) is 4.45. The molecule has 3 heterocycles. The number of hydrogen-bond donors (Lipinski definition) is 0. The highest BCUT2D eigenvalue weighted by molar-refractivity contribution is 6.30. The quantitative estimate of drug-likeness (QED) is 0.640. The number of hydrogen-bond acceptors (Lipinski definition) is 4. The molecule has 2 aromatic carbocycles. The molecule has 148 valence electrons. The Kier molecular flexibility index (Phi) is 4.45. The first-order valence-electron chi connectivity index (χ1n) is 9.78. The number of carbonyl (C=O) groups excluding carboxylic acids is 1. The van der Waals surface area contributed by atoms with Gasteiger partial charge in [0.05, 0.1) is 23.1 Å². The van der Waals surface area contributed by atoms with Gasteiger partial charge in [0.2, 0.25) is 5.76 Å². The van der Waals surface area contributed by atoms with Gasteiger partial charge >= 0.3 is 0 Å². The van der Waals surface area contributed by atoms with Crippen molar-refractivity contribution in [3.63, 3.8) is 0 Å². The molecular formula is C23H20ClNO4. The van der Waals surface area contributed by atoms with Crippen LogP contribution in [0.2, 0.25) is 5.02 Å². The van der Waals surface area contributed by atoms with Crippen LogP contribution < -0.4 is 5.43 Å². The summed E-state index contributed by atoms with van der Waals surface area (Å²) in [6.45, 7) is 3.05. The first-order valence-corrected chi connectivity index (χ1v) is 10.2. The Hall–Kier alpha value is -2.63. The van der Waals surface area contributed by atoms with Gasteiger partial charge in [0, 0.05) is 18.2 Å². The number of amides is 1. The van der Waals surface area contributed by atoms with E-state index < -0.39 is 6.04 Å². The molecular weight excluding hydrogens is 390 g/mol. The minimum absolute atomic E-state index is 0.0326. The van der Waals surface area contributed by atoms with Crippen LogP contribution in [0.5, 0.6) is 0 Å². The Balaban J connectivity index is 1.71. The van der Waals surface area contributed by atoms with Gasteiger partial charge in [-0.05, 0) is 49.6 Å². The van der Waals surface area contributed by atoms with E-state index in [1.807, 2.05) is 31.2 Å². The molecule has 0 saturated carbocycles. The Bertz CT molecular complexity index is 1160. The number of carbonyl (C=O) groups is 1. The number of nitrogens with zero attached hydrogens (tertiary/aromatic N) is 1. The molecule has 1 saturated heterocycles. The normalized spacial score (nSPS) is 21.2. The van der Waals surface area contributed by atoms with Crippen molar-refractivity contribution in [2.24, 2.45) is 0 Å². The van der Waals surface area contributed by atoms with Gasteiger partial charge in [-0.3, -0.25) is 9.59 Å². The van der Waals surface area contributed by atoms with Crippen molar-refractivity contribution in [2.75, 3.05) is 13.2 Å². The summed E-state index contributed by atoms with van der Waals surface area (Å²) in [7, 11) is 0. The molecule has 2 aliphatic rings. The SMILES string of the molecule is Cc1ccc2oc3c(c(=O)c2c1)[C@@H](c1ccc(Cl)cc1)N(C[C@@H]1CCCO1)C3=O.